The number of aliphatic hydroxyl groups is 1. The van der Waals surface area contributed by atoms with Crippen molar-refractivity contribution in [3.8, 4) is 0 Å². The van der Waals surface area contributed by atoms with E-state index in [1.165, 1.54) is 28.2 Å². The maximum absolute atomic E-state index is 12.2. The van der Waals surface area contributed by atoms with Gasteiger partial charge in [0.25, 0.3) is 0 Å². The molecule has 7 nitrogen and oxygen atoms in total. The molecule has 4 atom stereocenters. The monoisotopic (exact) mass is 355 g/mol. The molecule has 3 heterocycles. The van der Waals surface area contributed by atoms with Crippen molar-refractivity contribution in [1.29, 1.82) is 0 Å². The third kappa shape index (κ3) is 2.56. The lowest BCUT2D eigenvalue weighted by Crippen LogP contribution is -2.64. The van der Waals surface area contributed by atoms with Crippen molar-refractivity contribution in [2.45, 2.75) is 31.7 Å². The van der Waals surface area contributed by atoms with E-state index in [-0.39, 0.29) is 23.6 Å². The molecule has 2 aliphatic rings. The highest BCUT2D eigenvalue weighted by Crippen LogP contribution is 2.50. The van der Waals surface area contributed by atoms with Crippen molar-refractivity contribution < 1.29 is 23.9 Å². The lowest BCUT2D eigenvalue weighted by atomic mass is 9.79. The number of carboxylic acid groups (broad SMARTS) is 1. The number of hydrogen-bond acceptors (Lipinski definition) is 7. The summed E-state index contributed by atoms with van der Waals surface area (Å²) in [5, 5.41) is 27.5. The zero-order valence-corrected chi connectivity index (χ0v) is 14.6. The number of β-lactam (4-membered cyclic amide) rings is 1. The van der Waals surface area contributed by atoms with Crippen molar-refractivity contribution in [3.05, 3.63) is 21.7 Å². The molecule has 3 rings (SSSR count). The zero-order chi connectivity index (χ0) is 16.9. The van der Waals surface area contributed by atoms with Gasteiger partial charge >= 0.3 is 0 Å². The number of aliphatic carboxylic acids is 1. The van der Waals surface area contributed by atoms with Gasteiger partial charge in [-0.1, -0.05) is 6.92 Å². The first-order chi connectivity index (χ1) is 10.8. The minimum atomic E-state index is -1.34. The molecule has 23 heavy (non-hydrogen) atoms. The highest BCUT2D eigenvalue weighted by atomic mass is 32.2. The molecule has 1 N–H and O–H groups in total. The predicted molar refractivity (Wildman–Crippen MR) is 81.6 cm³/mol. The van der Waals surface area contributed by atoms with Gasteiger partial charge in [-0.25, -0.2) is 0 Å². The van der Waals surface area contributed by atoms with E-state index in [0.29, 0.717) is 10.7 Å². The van der Waals surface area contributed by atoms with Crippen LogP contribution in [0.15, 0.2) is 16.0 Å². The maximum Gasteiger partial charge on any atom is 0.235 e. The van der Waals surface area contributed by atoms with Crippen LogP contribution in [-0.4, -0.2) is 39.1 Å². The number of aromatic nitrogens is 2. The second kappa shape index (κ2) is 5.88. The van der Waals surface area contributed by atoms with Crippen molar-refractivity contribution in [2.75, 3.05) is 0 Å². The third-order valence-corrected chi connectivity index (χ3v) is 6.37. The Kier molecular flexibility index (Phi) is 4.19. The summed E-state index contributed by atoms with van der Waals surface area (Å²) in [6.45, 7) is 3.45. The summed E-state index contributed by atoms with van der Waals surface area (Å²) >= 11 is 2.84. The molecule has 0 bridgehead atoms. The number of rotatable bonds is 5. The van der Waals surface area contributed by atoms with E-state index in [1.807, 2.05) is 19.4 Å². The summed E-state index contributed by atoms with van der Waals surface area (Å²) in [6, 6.07) is -0.301. The molecule has 124 valence electrons. The second-order valence-corrected chi connectivity index (χ2v) is 7.81. The zero-order valence-electron chi connectivity index (χ0n) is 12.9. The van der Waals surface area contributed by atoms with Crippen molar-refractivity contribution >= 4 is 35.2 Å². The Labute approximate surface area is 141 Å². The molecule has 1 saturated heterocycles. The number of amides is 1. The summed E-state index contributed by atoms with van der Waals surface area (Å²) in [7, 11) is 1.83. The average molecular weight is 355 g/mol. The fourth-order valence-electron chi connectivity index (χ4n) is 3.29. The molecule has 1 unspecified atom stereocenters. The number of carbonyl (C=O) groups excluding carboxylic acids is 2. The van der Waals surface area contributed by atoms with E-state index in [4.69, 9.17) is 0 Å². The Morgan fingerprint density at radius 2 is 2.35 bits per heavy atom. The van der Waals surface area contributed by atoms with E-state index in [2.05, 4.69) is 5.10 Å². The van der Waals surface area contributed by atoms with Crippen LogP contribution in [0.3, 0.4) is 0 Å². The van der Waals surface area contributed by atoms with Gasteiger partial charge in [-0.05, 0) is 11.0 Å². The highest BCUT2D eigenvalue weighted by molar-refractivity contribution is 8.02. The Morgan fingerprint density at radius 3 is 2.87 bits per heavy atom. The van der Waals surface area contributed by atoms with Crippen LogP contribution in [0.1, 0.15) is 19.5 Å². The maximum atomic E-state index is 12.2. The molecule has 1 aromatic heterocycles. The first-order valence-corrected chi connectivity index (χ1v) is 9.05. The van der Waals surface area contributed by atoms with Crippen molar-refractivity contribution in [1.82, 2.24) is 10.00 Å². The number of aryl methyl sites for hydroxylation is 1. The van der Waals surface area contributed by atoms with E-state index in [1.54, 1.807) is 11.0 Å². The minimum Gasteiger partial charge on any atom is -0.543 e. The second-order valence-electron chi connectivity index (χ2n) is 5.82. The molecule has 9 heteroatoms. The van der Waals surface area contributed by atoms with Crippen LogP contribution in [-0.2, 0) is 22.4 Å². The van der Waals surface area contributed by atoms with Gasteiger partial charge in [0.1, 0.15) is 5.69 Å². The first-order valence-electron chi connectivity index (χ1n) is 7.23. The molecular weight excluding hydrogens is 338 g/mol. The normalized spacial score (nSPS) is 27.9. The van der Waals surface area contributed by atoms with Gasteiger partial charge in [0, 0.05) is 21.7 Å². The topological polar surface area (TPSA) is 97.4 Å². The van der Waals surface area contributed by atoms with Crippen molar-refractivity contribution in [2.24, 2.45) is 18.9 Å². The Hall–Kier alpha value is -1.45. The number of aliphatic hydroxyl groups excluding tert-OH is 1. The van der Waals surface area contributed by atoms with Crippen LogP contribution in [0, 0.1) is 11.8 Å². The summed E-state index contributed by atoms with van der Waals surface area (Å²) in [6.07, 6.45) is -0.795. The molecule has 0 saturated carbocycles. The van der Waals surface area contributed by atoms with Crippen LogP contribution in [0.2, 0.25) is 0 Å². The molecule has 1 aromatic rings. The molecule has 2 aliphatic heterocycles. The van der Waals surface area contributed by atoms with Gasteiger partial charge in [-0.2, -0.15) is 0 Å². The fourth-order valence-corrected chi connectivity index (χ4v) is 5.11. The number of fused-ring (bicyclic) bond motifs is 1. The van der Waals surface area contributed by atoms with Crippen LogP contribution in [0.25, 0.3) is 0 Å². The molecule has 0 spiro atoms. The fraction of sp³-hybridized carbons (Fsp3) is 0.571. The smallest absolute Gasteiger partial charge is 0.235 e. The number of hydrogen-bond donors (Lipinski definition) is 1. The number of carboxylic acids is 1. The molecule has 1 fully saturated rings. The van der Waals surface area contributed by atoms with Gasteiger partial charge in [0.05, 0.1) is 35.1 Å². The van der Waals surface area contributed by atoms with E-state index in [0.717, 1.165) is 5.69 Å². The Morgan fingerprint density at radius 1 is 1.65 bits per heavy atom. The van der Waals surface area contributed by atoms with Crippen LogP contribution < -0.4 is 9.18 Å². The van der Waals surface area contributed by atoms with Crippen LogP contribution in [0.4, 0.5) is 0 Å². The third-order valence-electron chi connectivity index (χ3n) is 4.29. The Balaban J connectivity index is 1.85. The number of carbonyl (C=O) groups is 2. The van der Waals surface area contributed by atoms with E-state index in [9.17, 15) is 19.8 Å². The number of thioether (sulfide) groups is 1. The van der Waals surface area contributed by atoms with Gasteiger partial charge in [0.2, 0.25) is 5.91 Å². The summed E-state index contributed by atoms with van der Waals surface area (Å²) in [4.78, 5) is 25.6. The van der Waals surface area contributed by atoms with E-state index >= 15 is 0 Å². The summed E-state index contributed by atoms with van der Waals surface area (Å²) < 4.78 is 1.72. The predicted octanol–water partition coefficient (Wildman–Crippen LogP) is -0.980. The van der Waals surface area contributed by atoms with E-state index < -0.39 is 18.0 Å². The van der Waals surface area contributed by atoms with Gasteiger partial charge < -0.3 is 19.9 Å². The first kappa shape index (κ1) is 16.4. The Bertz CT molecular complexity index is 700. The largest absolute Gasteiger partial charge is 0.543 e. The average Bonchev–Trinajstić information content (AvgIpc) is 2.97. The summed E-state index contributed by atoms with van der Waals surface area (Å²) in [5.41, 5.74) is 0.807. The molecule has 0 aromatic carbocycles. The summed E-state index contributed by atoms with van der Waals surface area (Å²) in [5.74, 6) is -1.84. The molecule has 0 aliphatic carbocycles. The van der Waals surface area contributed by atoms with Crippen molar-refractivity contribution in [3.63, 3.8) is 0 Å². The molecule has 0 radical (unpaired) electrons. The SMILES string of the molecule is C[C@H]1C(SCc2cs[n+](C)n2)=C(C(=O)[O-])N2C(=O)[C@@H]([C@@H](C)O)C12. The van der Waals surface area contributed by atoms with Gasteiger partial charge in [0.15, 0.2) is 18.6 Å². The molecular formula is C14H17N3O4S2. The number of nitrogens with zero attached hydrogens (tertiary/aromatic N) is 3. The highest BCUT2D eigenvalue weighted by Gasteiger charge is 2.58. The molecule has 1 amide bonds. The minimum absolute atomic E-state index is 0.0472. The van der Waals surface area contributed by atoms with Gasteiger partial charge in [-0.3, -0.25) is 4.79 Å². The lowest BCUT2D eigenvalue weighted by Gasteiger charge is -2.47. The quantitative estimate of drug-likeness (QED) is 0.539. The van der Waals surface area contributed by atoms with Gasteiger partial charge in [-0.15, -0.1) is 11.8 Å². The lowest BCUT2D eigenvalue weighted by molar-refractivity contribution is -0.663. The van der Waals surface area contributed by atoms with Crippen LogP contribution in [0.5, 0.6) is 0 Å². The standard InChI is InChI=1S/C14H17N3O4S2/c1-6-10-9(7(2)18)13(19)17(10)11(14(20)21)12(6)22-4-8-5-23-16(3)15-8/h5-7,9-10,18H,4H2,1-3H3/t6-,7-,9+,10?/m1/s1. The van der Waals surface area contributed by atoms with Crippen LogP contribution >= 0.6 is 23.3 Å².